The zero-order chi connectivity index (χ0) is 20.2. The van der Waals surface area contributed by atoms with Crippen molar-refractivity contribution in [2.45, 2.75) is 45.0 Å². The zero-order valence-corrected chi connectivity index (χ0v) is 18.0. The molecule has 1 aromatic rings. The molecule has 0 spiro atoms. The minimum absolute atomic E-state index is 0.217. The first-order chi connectivity index (χ1) is 12.6. The van der Waals surface area contributed by atoms with E-state index in [1.54, 1.807) is 24.3 Å². The molecule has 1 aromatic carbocycles. The lowest BCUT2D eigenvalue weighted by Crippen LogP contribution is -2.30. The maximum atomic E-state index is 12.0. The van der Waals surface area contributed by atoms with E-state index in [1.165, 1.54) is 25.6 Å². The Balaban J connectivity index is 1.76. The second-order valence-electron chi connectivity index (χ2n) is 6.88. The average molecular weight is 411 g/mol. The summed E-state index contributed by atoms with van der Waals surface area (Å²) >= 11 is 6.68. The highest BCUT2D eigenvalue weighted by atomic mass is 32.2. The average Bonchev–Trinajstić information content (AvgIpc) is 3.10. The van der Waals surface area contributed by atoms with Gasteiger partial charge >= 0.3 is 0 Å². The molecule has 0 amide bonds. The van der Waals surface area contributed by atoms with Crippen molar-refractivity contribution in [3.63, 3.8) is 0 Å². The minimum Gasteiger partial charge on any atom is -0.493 e. The van der Waals surface area contributed by atoms with Gasteiger partial charge in [0.05, 0.1) is 6.61 Å². The number of carbonyl (C=O) groups excluding carboxylic acids is 1. The van der Waals surface area contributed by atoms with E-state index in [0.29, 0.717) is 35.5 Å². The summed E-state index contributed by atoms with van der Waals surface area (Å²) in [5, 5.41) is 9.77. The van der Waals surface area contributed by atoms with E-state index < -0.39 is 5.60 Å². The van der Waals surface area contributed by atoms with E-state index >= 15 is 0 Å². The molecule has 1 aliphatic rings. The standard InChI is InChI=1S/C20H26O5S2/c1-6-23-18(26)27-20(5)13(2)17(20)25-12-11-24-15-9-7-14(8-10-15)16(21)19(3,4)22/h7-10,22H,6,11-12H2,1-5H3. The van der Waals surface area contributed by atoms with Crippen molar-refractivity contribution in [3.05, 3.63) is 41.2 Å². The molecule has 0 radical (unpaired) electrons. The number of hydrogen-bond donors (Lipinski definition) is 1. The molecule has 1 unspecified atom stereocenters. The number of aliphatic hydroxyl groups is 1. The first-order valence-corrected chi connectivity index (χ1v) is 10.0. The quantitative estimate of drug-likeness (QED) is 0.373. The molecule has 1 atom stereocenters. The van der Waals surface area contributed by atoms with Crippen molar-refractivity contribution < 1.29 is 24.1 Å². The molecular weight excluding hydrogens is 384 g/mol. The van der Waals surface area contributed by atoms with Crippen LogP contribution in [0.25, 0.3) is 0 Å². The molecule has 0 aromatic heterocycles. The Morgan fingerprint density at radius 2 is 1.81 bits per heavy atom. The first kappa shape index (κ1) is 21.7. The largest absolute Gasteiger partial charge is 0.493 e. The maximum absolute atomic E-state index is 12.0. The summed E-state index contributed by atoms with van der Waals surface area (Å²) in [6.07, 6.45) is 0. The third-order valence-electron chi connectivity index (χ3n) is 4.25. The molecule has 0 fully saturated rings. The molecule has 0 heterocycles. The van der Waals surface area contributed by atoms with Crippen LogP contribution in [0.4, 0.5) is 0 Å². The molecule has 5 nitrogen and oxygen atoms in total. The number of benzene rings is 1. The van der Waals surface area contributed by atoms with E-state index in [4.69, 9.17) is 26.4 Å². The van der Waals surface area contributed by atoms with Gasteiger partial charge < -0.3 is 19.3 Å². The fraction of sp³-hybridized carbons (Fsp3) is 0.500. The molecule has 0 aliphatic heterocycles. The lowest BCUT2D eigenvalue weighted by molar-refractivity contribution is 0.0488. The van der Waals surface area contributed by atoms with Crippen LogP contribution in [0, 0.1) is 0 Å². The Morgan fingerprint density at radius 1 is 1.22 bits per heavy atom. The van der Waals surface area contributed by atoms with Crippen LogP contribution in [0.15, 0.2) is 35.6 Å². The van der Waals surface area contributed by atoms with Crippen LogP contribution < -0.4 is 4.74 Å². The van der Waals surface area contributed by atoms with Crippen LogP contribution in [-0.2, 0) is 9.47 Å². The molecular formula is C20H26O5S2. The summed E-state index contributed by atoms with van der Waals surface area (Å²) in [7, 11) is 0. The van der Waals surface area contributed by atoms with Crippen LogP contribution in [0.5, 0.6) is 5.75 Å². The van der Waals surface area contributed by atoms with Crippen molar-refractivity contribution in [3.8, 4) is 5.75 Å². The summed E-state index contributed by atoms with van der Waals surface area (Å²) in [6, 6.07) is 6.71. The summed E-state index contributed by atoms with van der Waals surface area (Å²) < 4.78 is 17.1. The number of ketones is 1. The summed E-state index contributed by atoms with van der Waals surface area (Å²) in [5.41, 5.74) is 0.216. The maximum Gasteiger partial charge on any atom is 0.221 e. The lowest BCUT2D eigenvalue weighted by atomic mass is 9.97. The molecule has 0 bridgehead atoms. The van der Waals surface area contributed by atoms with Gasteiger partial charge in [0.25, 0.3) is 0 Å². The summed E-state index contributed by atoms with van der Waals surface area (Å²) in [6.45, 7) is 10.3. The van der Waals surface area contributed by atoms with Gasteiger partial charge in [-0.05, 0) is 76.7 Å². The van der Waals surface area contributed by atoms with Gasteiger partial charge in [0.1, 0.15) is 35.1 Å². The Labute approximate surface area is 170 Å². The first-order valence-electron chi connectivity index (χ1n) is 8.80. The summed E-state index contributed by atoms with van der Waals surface area (Å²) in [4.78, 5) is 12.0. The van der Waals surface area contributed by atoms with Crippen LogP contribution >= 0.6 is 24.0 Å². The molecule has 2 rings (SSSR count). The Morgan fingerprint density at radius 3 is 2.37 bits per heavy atom. The monoisotopic (exact) mass is 410 g/mol. The second-order valence-corrected chi connectivity index (χ2v) is 8.90. The highest BCUT2D eigenvalue weighted by molar-refractivity contribution is 8.23. The van der Waals surface area contributed by atoms with E-state index in [9.17, 15) is 9.90 Å². The Kier molecular flexibility index (Phi) is 6.94. The van der Waals surface area contributed by atoms with Crippen LogP contribution in [0.2, 0.25) is 0 Å². The van der Waals surface area contributed by atoms with Crippen LogP contribution in [0.1, 0.15) is 45.0 Å². The fourth-order valence-corrected chi connectivity index (χ4v) is 4.14. The van der Waals surface area contributed by atoms with E-state index in [2.05, 4.69) is 6.92 Å². The van der Waals surface area contributed by atoms with Crippen molar-refractivity contribution in [2.75, 3.05) is 19.8 Å². The van der Waals surface area contributed by atoms with Crippen molar-refractivity contribution in [1.82, 2.24) is 0 Å². The molecule has 0 saturated carbocycles. The van der Waals surface area contributed by atoms with E-state index in [-0.39, 0.29) is 10.5 Å². The number of ether oxygens (including phenoxy) is 3. The smallest absolute Gasteiger partial charge is 0.221 e. The number of thioether (sulfide) groups is 1. The number of Topliss-reactive ketones (excluding diaryl/α,β-unsaturated/α-hetero) is 1. The highest BCUT2D eigenvalue weighted by Gasteiger charge is 2.51. The van der Waals surface area contributed by atoms with Gasteiger partial charge in [0.15, 0.2) is 5.78 Å². The highest BCUT2D eigenvalue weighted by Crippen LogP contribution is 2.54. The Bertz CT molecular complexity index is 734. The molecule has 1 N–H and O–H groups in total. The number of carbonyl (C=O) groups is 1. The number of thiocarbonyl (C=S) groups is 1. The van der Waals surface area contributed by atoms with Crippen LogP contribution in [-0.4, -0.2) is 45.4 Å². The zero-order valence-electron chi connectivity index (χ0n) is 16.3. The molecule has 1 aliphatic carbocycles. The fourth-order valence-electron chi connectivity index (χ4n) is 2.52. The number of rotatable bonds is 9. The molecule has 0 saturated heterocycles. The van der Waals surface area contributed by atoms with Crippen molar-refractivity contribution in [1.29, 1.82) is 0 Å². The normalized spacial score (nSPS) is 18.9. The van der Waals surface area contributed by atoms with E-state index in [1.807, 2.05) is 13.8 Å². The third kappa shape index (κ3) is 5.46. The predicted octanol–water partition coefficient (Wildman–Crippen LogP) is 4.14. The van der Waals surface area contributed by atoms with E-state index in [0.717, 1.165) is 11.3 Å². The van der Waals surface area contributed by atoms with Crippen molar-refractivity contribution >= 4 is 34.1 Å². The third-order valence-corrected chi connectivity index (χ3v) is 5.80. The van der Waals surface area contributed by atoms with Gasteiger partial charge in [-0.2, -0.15) is 0 Å². The van der Waals surface area contributed by atoms with Gasteiger partial charge in [0, 0.05) is 5.56 Å². The van der Waals surface area contributed by atoms with Gasteiger partial charge in [-0.1, -0.05) is 11.8 Å². The lowest BCUT2D eigenvalue weighted by Gasteiger charge is -2.16. The van der Waals surface area contributed by atoms with Crippen molar-refractivity contribution in [2.24, 2.45) is 0 Å². The van der Waals surface area contributed by atoms with Gasteiger partial charge in [-0.15, -0.1) is 0 Å². The second kappa shape index (κ2) is 8.63. The molecule has 27 heavy (non-hydrogen) atoms. The summed E-state index contributed by atoms with van der Waals surface area (Å²) in [5.74, 6) is 1.24. The SMILES string of the molecule is CCOC(=S)SC1(C)C(C)=C1OCCOc1ccc(C(=O)C(C)(C)O)cc1. The predicted molar refractivity (Wildman–Crippen MR) is 111 cm³/mol. The van der Waals surface area contributed by atoms with Gasteiger partial charge in [0.2, 0.25) is 4.38 Å². The number of hydrogen-bond acceptors (Lipinski definition) is 7. The Hall–Kier alpha value is -1.57. The topological polar surface area (TPSA) is 65.0 Å². The van der Waals surface area contributed by atoms with Gasteiger partial charge in [-0.3, -0.25) is 4.79 Å². The molecule has 7 heteroatoms. The minimum atomic E-state index is -1.39. The van der Waals surface area contributed by atoms with Gasteiger partial charge in [-0.25, -0.2) is 0 Å². The molecule has 148 valence electrons. The van der Waals surface area contributed by atoms with Crippen LogP contribution in [0.3, 0.4) is 0 Å².